The molecular formula is C19H24N2O4. The first kappa shape index (κ1) is 17.5. The Bertz CT molecular complexity index is 699. The lowest BCUT2D eigenvalue weighted by Crippen LogP contribution is -2.39. The monoisotopic (exact) mass is 344 g/mol. The SMILES string of the molecule is COc1ccc(CN2CCC3(CCCC(N=C=O)C3)C2=O)c(OC)c1. The molecule has 3 rings (SSSR count). The zero-order valence-corrected chi connectivity index (χ0v) is 14.8. The highest BCUT2D eigenvalue weighted by molar-refractivity contribution is 5.85. The van der Waals surface area contributed by atoms with E-state index >= 15 is 0 Å². The standard InChI is InChI=1S/C19H24N2O4/c1-24-16-6-5-14(17(10-16)25-2)12-21-9-8-19(18(21)23)7-3-4-15(11-19)20-13-22/h5-6,10,15H,3-4,7-9,11-12H2,1-2H3. The van der Waals surface area contributed by atoms with Crippen LogP contribution in [0.25, 0.3) is 0 Å². The third-order valence-corrected chi connectivity index (χ3v) is 5.51. The second kappa shape index (κ2) is 7.28. The van der Waals surface area contributed by atoms with Crippen molar-refractivity contribution in [3.05, 3.63) is 23.8 Å². The normalized spacial score (nSPS) is 25.8. The van der Waals surface area contributed by atoms with E-state index in [1.807, 2.05) is 23.1 Å². The second-order valence-corrected chi connectivity index (χ2v) is 6.91. The molecule has 1 amide bonds. The molecule has 0 aromatic heterocycles. The number of methoxy groups -OCH3 is 2. The first-order valence-corrected chi connectivity index (χ1v) is 8.69. The summed E-state index contributed by atoms with van der Waals surface area (Å²) in [5.74, 6) is 1.63. The molecule has 134 valence electrons. The van der Waals surface area contributed by atoms with Crippen LogP contribution in [0.4, 0.5) is 0 Å². The molecule has 2 unspecified atom stereocenters. The number of likely N-dealkylation sites (tertiary alicyclic amines) is 1. The molecule has 1 saturated carbocycles. The van der Waals surface area contributed by atoms with Crippen LogP contribution < -0.4 is 9.47 Å². The van der Waals surface area contributed by atoms with Crippen LogP contribution in [0.15, 0.2) is 23.2 Å². The minimum absolute atomic E-state index is 0.0642. The van der Waals surface area contributed by atoms with E-state index in [1.54, 1.807) is 20.3 Å². The van der Waals surface area contributed by atoms with Crippen molar-refractivity contribution in [3.8, 4) is 11.5 Å². The number of isocyanates is 1. The van der Waals surface area contributed by atoms with Gasteiger partial charge in [0.05, 0.1) is 25.7 Å². The molecule has 1 heterocycles. The summed E-state index contributed by atoms with van der Waals surface area (Å²) in [6.07, 6.45) is 5.84. The highest BCUT2D eigenvalue weighted by Crippen LogP contribution is 2.46. The topological polar surface area (TPSA) is 68.2 Å². The van der Waals surface area contributed by atoms with Gasteiger partial charge in [-0.3, -0.25) is 4.79 Å². The second-order valence-electron chi connectivity index (χ2n) is 6.91. The lowest BCUT2D eigenvalue weighted by atomic mass is 9.71. The number of carbonyl (C=O) groups excluding carboxylic acids is 2. The molecule has 1 saturated heterocycles. The minimum Gasteiger partial charge on any atom is -0.497 e. The maximum Gasteiger partial charge on any atom is 0.235 e. The Labute approximate surface area is 147 Å². The molecule has 1 aromatic carbocycles. The first-order chi connectivity index (χ1) is 12.1. The third-order valence-electron chi connectivity index (χ3n) is 5.51. The molecule has 2 fully saturated rings. The van der Waals surface area contributed by atoms with Gasteiger partial charge in [-0.2, -0.15) is 0 Å². The Hall–Kier alpha value is -2.33. The molecule has 1 aliphatic carbocycles. The molecule has 1 aliphatic heterocycles. The highest BCUT2D eigenvalue weighted by Gasteiger charge is 2.49. The fourth-order valence-corrected chi connectivity index (χ4v) is 4.17. The molecule has 2 aliphatic rings. The summed E-state index contributed by atoms with van der Waals surface area (Å²) in [5, 5.41) is 0. The van der Waals surface area contributed by atoms with Crippen molar-refractivity contribution in [1.82, 2.24) is 4.90 Å². The highest BCUT2D eigenvalue weighted by atomic mass is 16.5. The number of amides is 1. The zero-order chi connectivity index (χ0) is 17.9. The number of nitrogens with zero attached hydrogens (tertiary/aromatic N) is 2. The molecular weight excluding hydrogens is 320 g/mol. The maximum absolute atomic E-state index is 13.1. The van der Waals surface area contributed by atoms with Crippen LogP contribution >= 0.6 is 0 Å². The van der Waals surface area contributed by atoms with Gasteiger partial charge in [-0.1, -0.05) is 6.42 Å². The van der Waals surface area contributed by atoms with Gasteiger partial charge in [-0.15, -0.1) is 0 Å². The van der Waals surface area contributed by atoms with Gasteiger partial charge in [-0.25, -0.2) is 9.79 Å². The fraction of sp³-hybridized carbons (Fsp3) is 0.579. The van der Waals surface area contributed by atoms with E-state index in [0.717, 1.165) is 49.3 Å². The predicted molar refractivity (Wildman–Crippen MR) is 92.4 cm³/mol. The molecule has 2 atom stereocenters. The van der Waals surface area contributed by atoms with E-state index in [0.29, 0.717) is 13.0 Å². The lowest BCUT2D eigenvalue weighted by molar-refractivity contribution is -0.138. The Morgan fingerprint density at radius 2 is 2.16 bits per heavy atom. The lowest BCUT2D eigenvalue weighted by Gasteiger charge is -2.34. The van der Waals surface area contributed by atoms with E-state index in [4.69, 9.17) is 9.47 Å². The largest absolute Gasteiger partial charge is 0.497 e. The van der Waals surface area contributed by atoms with Gasteiger partial charge in [-0.05, 0) is 37.8 Å². The summed E-state index contributed by atoms with van der Waals surface area (Å²) in [4.78, 5) is 29.4. The number of benzene rings is 1. The summed E-state index contributed by atoms with van der Waals surface area (Å²) in [6, 6.07) is 5.59. The molecule has 1 aromatic rings. The summed E-state index contributed by atoms with van der Waals surface area (Å²) in [5.41, 5.74) is 0.607. The van der Waals surface area contributed by atoms with Crippen molar-refractivity contribution in [2.75, 3.05) is 20.8 Å². The van der Waals surface area contributed by atoms with Gasteiger partial charge in [0, 0.05) is 24.7 Å². The number of hydrogen-bond acceptors (Lipinski definition) is 5. The van der Waals surface area contributed by atoms with Crippen LogP contribution in [0.2, 0.25) is 0 Å². The Morgan fingerprint density at radius 3 is 2.88 bits per heavy atom. The first-order valence-electron chi connectivity index (χ1n) is 8.69. The quantitative estimate of drug-likeness (QED) is 0.608. The Kier molecular flexibility index (Phi) is 5.09. The van der Waals surface area contributed by atoms with E-state index in [1.165, 1.54) is 0 Å². The smallest absolute Gasteiger partial charge is 0.235 e. The number of ether oxygens (including phenoxy) is 2. The van der Waals surface area contributed by atoms with E-state index < -0.39 is 0 Å². The third kappa shape index (κ3) is 3.40. The summed E-state index contributed by atoms with van der Waals surface area (Å²) in [6.45, 7) is 1.25. The van der Waals surface area contributed by atoms with Gasteiger partial charge < -0.3 is 14.4 Å². The van der Waals surface area contributed by atoms with E-state index in [2.05, 4.69) is 4.99 Å². The Balaban J connectivity index is 1.75. The van der Waals surface area contributed by atoms with Crippen molar-refractivity contribution >= 4 is 12.0 Å². The van der Waals surface area contributed by atoms with Gasteiger partial charge >= 0.3 is 0 Å². The van der Waals surface area contributed by atoms with Crippen LogP contribution in [-0.4, -0.2) is 43.7 Å². The van der Waals surface area contributed by atoms with Gasteiger partial charge in [0.25, 0.3) is 0 Å². The predicted octanol–water partition coefficient (Wildman–Crippen LogP) is 2.70. The molecule has 25 heavy (non-hydrogen) atoms. The maximum atomic E-state index is 13.1. The average Bonchev–Trinajstić information content (AvgIpc) is 2.92. The van der Waals surface area contributed by atoms with Gasteiger partial charge in [0.1, 0.15) is 11.5 Å². The van der Waals surface area contributed by atoms with Crippen LogP contribution in [0.1, 0.15) is 37.7 Å². The molecule has 6 nitrogen and oxygen atoms in total. The van der Waals surface area contributed by atoms with Crippen molar-refractivity contribution < 1.29 is 19.1 Å². The summed E-state index contributed by atoms with van der Waals surface area (Å²) < 4.78 is 10.7. The van der Waals surface area contributed by atoms with Crippen molar-refractivity contribution in [2.24, 2.45) is 10.4 Å². The average molecular weight is 344 g/mol. The molecule has 0 N–H and O–H groups in total. The summed E-state index contributed by atoms with van der Waals surface area (Å²) >= 11 is 0. The number of aliphatic imine (C=N–C) groups is 1. The van der Waals surface area contributed by atoms with Crippen molar-refractivity contribution in [2.45, 2.75) is 44.7 Å². The van der Waals surface area contributed by atoms with Crippen LogP contribution in [0.5, 0.6) is 11.5 Å². The molecule has 6 heteroatoms. The van der Waals surface area contributed by atoms with E-state index in [-0.39, 0.29) is 17.4 Å². The number of rotatable bonds is 5. The zero-order valence-electron chi connectivity index (χ0n) is 14.8. The molecule has 1 spiro atoms. The van der Waals surface area contributed by atoms with Crippen LogP contribution in [0, 0.1) is 5.41 Å². The Morgan fingerprint density at radius 1 is 1.32 bits per heavy atom. The fourth-order valence-electron chi connectivity index (χ4n) is 4.17. The molecule has 0 radical (unpaired) electrons. The minimum atomic E-state index is -0.358. The number of carbonyl (C=O) groups is 1. The van der Waals surface area contributed by atoms with E-state index in [9.17, 15) is 9.59 Å². The van der Waals surface area contributed by atoms with Crippen molar-refractivity contribution in [3.63, 3.8) is 0 Å². The van der Waals surface area contributed by atoms with Crippen LogP contribution in [0.3, 0.4) is 0 Å². The molecule has 0 bridgehead atoms. The summed E-state index contributed by atoms with van der Waals surface area (Å²) in [7, 11) is 3.23. The number of hydrogen-bond donors (Lipinski definition) is 0. The van der Waals surface area contributed by atoms with Gasteiger partial charge in [0.2, 0.25) is 12.0 Å². The van der Waals surface area contributed by atoms with Crippen molar-refractivity contribution in [1.29, 1.82) is 0 Å². The van der Waals surface area contributed by atoms with Gasteiger partial charge in [0.15, 0.2) is 0 Å². The van der Waals surface area contributed by atoms with Crippen LogP contribution in [-0.2, 0) is 16.1 Å².